The number of carbonyl (C=O) groups excluding carboxylic acids is 1. The largest absolute Gasteiger partial charge is 0.491 e. The fourth-order valence-electron chi connectivity index (χ4n) is 2.87. The molecule has 0 aliphatic carbocycles. The van der Waals surface area contributed by atoms with Crippen molar-refractivity contribution in [1.29, 1.82) is 0 Å². The molecule has 1 aliphatic rings. The highest BCUT2D eigenvalue weighted by molar-refractivity contribution is 6.30. The van der Waals surface area contributed by atoms with Gasteiger partial charge in [-0.2, -0.15) is 0 Å². The van der Waals surface area contributed by atoms with Gasteiger partial charge in [-0.15, -0.1) is 10.2 Å². The maximum atomic E-state index is 12.6. The van der Waals surface area contributed by atoms with Gasteiger partial charge in [-0.3, -0.25) is 4.79 Å². The van der Waals surface area contributed by atoms with Gasteiger partial charge < -0.3 is 18.6 Å². The van der Waals surface area contributed by atoms with E-state index in [4.69, 9.17) is 25.3 Å². The lowest BCUT2D eigenvalue weighted by Gasteiger charge is -2.19. The predicted octanol–water partition coefficient (Wildman–Crippen LogP) is 3.04. The van der Waals surface area contributed by atoms with Crippen LogP contribution < -0.4 is 4.74 Å². The van der Waals surface area contributed by atoms with Crippen LogP contribution in [0.25, 0.3) is 11.6 Å². The van der Waals surface area contributed by atoms with Crippen LogP contribution in [0.3, 0.4) is 0 Å². The predicted molar refractivity (Wildman–Crippen MR) is 95.2 cm³/mol. The van der Waals surface area contributed by atoms with Gasteiger partial charge in [0.15, 0.2) is 5.69 Å². The van der Waals surface area contributed by atoms with E-state index in [0.717, 1.165) is 11.3 Å². The van der Waals surface area contributed by atoms with Crippen LogP contribution in [0.15, 0.2) is 33.2 Å². The summed E-state index contributed by atoms with van der Waals surface area (Å²) in [4.78, 5) is 14.4. The Kier molecular flexibility index (Phi) is 4.81. The smallest absolute Gasteiger partial charge is 0.269 e. The molecule has 3 heterocycles. The minimum atomic E-state index is -0.0107. The number of halogens is 1. The topological polar surface area (TPSA) is 94.5 Å². The summed E-state index contributed by atoms with van der Waals surface area (Å²) in [6.07, 6.45) is 0.609. The average Bonchev–Trinajstić information content (AvgIpc) is 3.24. The summed E-state index contributed by atoms with van der Waals surface area (Å²) < 4.78 is 16.2. The molecule has 0 saturated carbocycles. The number of aromatic nitrogens is 3. The van der Waals surface area contributed by atoms with E-state index in [1.54, 1.807) is 24.0 Å². The molecule has 9 heteroatoms. The van der Waals surface area contributed by atoms with Crippen molar-refractivity contribution in [2.45, 2.75) is 26.3 Å². The molecule has 2 aromatic heterocycles. The van der Waals surface area contributed by atoms with Crippen LogP contribution in [-0.4, -0.2) is 39.3 Å². The summed E-state index contributed by atoms with van der Waals surface area (Å²) >= 11 is 6.05. The molecule has 0 spiro atoms. The monoisotopic (exact) mass is 388 g/mol. The van der Waals surface area contributed by atoms with E-state index < -0.39 is 0 Å². The lowest BCUT2D eigenvalue weighted by atomic mass is 10.2. The second kappa shape index (κ2) is 7.40. The van der Waals surface area contributed by atoms with E-state index >= 15 is 0 Å². The number of carbonyl (C=O) groups is 1. The molecule has 1 amide bonds. The summed E-state index contributed by atoms with van der Waals surface area (Å²) in [5, 5.41) is 12.4. The Morgan fingerprint density at radius 1 is 1.30 bits per heavy atom. The maximum Gasteiger partial charge on any atom is 0.269 e. The van der Waals surface area contributed by atoms with Gasteiger partial charge in [0.05, 0.1) is 6.54 Å². The Morgan fingerprint density at radius 2 is 2.19 bits per heavy atom. The fourth-order valence-corrected chi connectivity index (χ4v) is 3.07. The molecule has 0 atom stereocenters. The van der Waals surface area contributed by atoms with Crippen LogP contribution in [0.5, 0.6) is 5.75 Å². The lowest BCUT2D eigenvalue weighted by Crippen LogP contribution is -2.32. The van der Waals surface area contributed by atoms with Crippen molar-refractivity contribution in [3.05, 3.63) is 46.5 Å². The Morgan fingerprint density at radius 3 is 3.00 bits per heavy atom. The molecular formula is C18H17ClN4O4. The van der Waals surface area contributed by atoms with Crippen LogP contribution in [0.4, 0.5) is 0 Å². The van der Waals surface area contributed by atoms with E-state index in [-0.39, 0.29) is 18.2 Å². The first kappa shape index (κ1) is 17.5. The second-order valence-corrected chi connectivity index (χ2v) is 6.68. The number of hydrogen-bond donors (Lipinski definition) is 0. The molecule has 27 heavy (non-hydrogen) atoms. The first-order valence-corrected chi connectivity index (χ1v) is 8.91. The standard InChI is InChI=1S/C18H17ClN4O4/c1-11-8-14(22-27-11)18-21-20-16(26-18)4-5-17(24)23-6-7-25-15-3-2-13(19)9-12(15)10-23/h2-3,8-9H,4-7,10H2,1H3. The van der Waals surface area contributed by atoms with Gasteiger partial charge in [0, 0.05) is 36.0 Å². The minimum absolute atomic E-state index is 0.0107. The summed E-state index contributed by atoms with van der Waals surface area (Å²) in [6, 6.07) is 7.15. The van der Waals surface area contributed by atoms with Crippen molar-refractivity contribution in [1.82, 2.24) is 20.3 Å². The maximum absolute atomic E-state index is 12.6. The molecule has 3 aromatic rings. The Labute approximate surface area is 160 Å². The molecule has 0 bridgehead atoms. The molecule has 0 saturated heterocycles. The van der Waals surface area contributed by atoms with E-state index in [2.05, 4.69) is 15.4 Å². The molecule has 4 rings (SSSR count). The zero-order valence-corrected chi connectivity index (χ0v) is 15.4. The van der Waals surface area contributed by atoms with Crippen LogP contribution in [0, 0.1) is 6.92 Å². The number of rotatable bonds is 4. The third kappa shape index (κ3) is 3.95. The van der Waals surface area contributed by atoms with E-state index in [1.807, 2.05) is 12.1 Å². The average molecular weight is 389 g/mol. The van der Waals surface area contributed by atoms with Gasteiger partial charge in [0.1, 0.15) is 18.1 Å². The van der Waals surface area contributed by atoms with Crippen LogP contribution in [0.1, 0.15) is 23.6 Å². The number of benzene rings is 1. The quantitative estimate of drug-likeness (QED) is 0.677. The first-order valence-electron chi connectivity index (χ1n) is 8.53. The summed E-state index contributed by atoms with van der Waals surface area (Å²) in [5.41, 5.74) is 1.38. The summed E-state index contributed by atoms with van der Waals surface area (Å²) in [6.45, 7) is 3.19. The van der Waals surface area contributed by atoms with E-state index in [1.165, 1.54) is 0 Å². The van der Waals surface area contributed by atoms with Gasteiger partial charge in [-0.1, -0.05) is 16.8 Å². The van der Waals surface area contributed by atoms with Gasteiger partial charge >= 0.3 is 0 Å². The van der Waals surface area contributed by atoms with Crippen molar-refractivity contribution in [2.75, 3.05) is 13.2 Å². The Balaban J connectivity index is 1.39. The number of hydrogen-bond acceptors (Lipinski definition) is 7. The molecule has 0 radical (unpaired) electrons. The highest BCUT2D eigenvalue weighted by Gasteiger charge is 2.21. The number of fused-ring (bicyclic) bond motifs is 1. The van der Waals surface area contributed by atoms with Gasteiger partial charge in [-0.25, -0.2) is 0 Å². The second-order valence-electron chi connectivity index (χ2n) is 6.24. The highest BCUT2D eigenvalue weighted by Crippen LogP contribution is 2.26. The number of aryl methyl sites for hydroxylation is 2. The van der Waals surface area contributed by atoms with Crippen LogP contribution >= 0.6 is 11.6 Å². The molecule has 0 unspecified atom stereocenters. The lowest BCUT2D eigenvalue weighted by molar-refractivity contribution is -0.132. The van der Waals surface area contributed by atoms with Crippen LogP contribution in [0.2, 0.25) is 5.02 Å². The van der Waals surface area contributed by atoms with Crippen molar-refractivity contribution >= 4 is 17.5 Å². The minimum Gasteiger partial charge on any atom is -0.491 e. The molecule has 0 fully saturated rings. The third-order valence-electron chi connectivity index (χ3n) is 4.22. The van der Waals surface area contributed by atoms with Gasteiger partial charge in [0.2, 0.25) is 11.8 Å². The van der Waals surface area contributed by atoms with Crippen molar-refractivity contribution in [2.24, 2.45) is 0 Å². The zero-order valence-electron chi connectivity index (χ0n) is 14.6. The Bertz CT molecular complexity index is 968. The van der Waals surface area contributed by atoms with E-state index in [9.17, 15) is 4.79 Å². The fraction of sp³-hybridized carbons (Fsp3) is 0.333. The van der Waals surface area contributed by atoms with Gasteiger partial charge in [-0.05, 0) is 25.1 Å². The van der Waals surface area contributed by atoms with Crippen molar-refractivity contribution in [3.63, 3.8) is 0 Å². The first-order chi connectivity index (χ1) is 13.1. The highest BCUT2D eigenvalue weighted by atomic mass is 35.5. The number of ether oxygens (including phenoxy) is 1. The summed E-state index contributed by atoms with van der Waals surface area (Å²) in [7, 11) is 0. The normalized spacial score (nSPS) is 13.8. The third-order valence-corrected chi connectivity index (χ3v) is 4.46. The molecule has 0 N–H and O–H groups in total. The number of nitrogens with zero attached hydrogens (tertiary/aromatic N) is 4. The molecular weight excluding hydrogens is 372 g/mol. The Hall–Kier alpha value is -2.87. The van der Waals surface area contributed by atoms with Crippen molar-refractivity contribution in [3.8, 4) is 17.3 Å². The molecule has 8 nitrogen and oxygen atoms in total. The SMILES string of the molecule is Cc1cc(-c2nnc(CCC(=O)N3CCOc4ccc(Cl)cc4C3)o2)no1. The van der Waals surface area contributed by atoms with Crippen molar-refractivity contribution < 1.29 is 18.5 Å². The zero-order chi connectivity index (χ0) is 18.8. The van der Waals surface area contributed by atoms with Gasteiger partial charge in [0.25, 0.3) is 5.89 Å². The number of amides is 1. The molecule has 140 valence electrons. The molecule has 1 aromatic carbocycles. The molecule has 1 aliphatic heterocycles. The summed E-state index contributed by atoms with van der Waals surface area (Å²) in [5.74, 6) is 2.07. The van der Waals surface area contributed by atoms with E-state index in [0.29, 0.717) is 48.5 Å². The van der Waals surface area contributed by atoms with Crippen LogP contribution in [-0.2, 0) is 17.8 Å².